The predicted molar refractivity (Wildman–Crippen MR) is 76.9 cm³/mol. The SMILES string of the molecule is Cc1c(NC=C(C#N)c2nn[nH]n2)ccc(Br)c1[N+](=O)[O-]. The first kappa shape index (κ1) is 14.6. The molecule has 2 rings (SSSR count). The van der Waals surface area contributed by atoms with Crippen LogP contribution >= 0.6 is 15.9 Å². The molecule has 0 bridgehead atoms. The number of tetrazole rings is 1. The summed E-state index contributed by atoms with van der Waals surface area (Å²) in [6, 6.07) is 5.13. The first-order valence-electron chi connectivity index (χ1n) is 5.58. The molecule has 0 saturated heterocycles. The van der Waals surface area contributed by atoms with Crippen LogP contribution in [0.15, 0.2) is 22.8 Å². The molecule has 1 aromatic heterocycles. The maximum Gasteiger partial charge on any atom is 0.288 e. The van der Waals surface area contributed by atoms with Gasteiger partial charge in [-0.15, -0.1) is 10.2 Å². The van der Waals surface area contributed by atoms with E-state index in [1.165, 1.54) is 6.20 Å². The molecule has 1 heterocycles. The van der Waals surface area contributed by atoms with Crippen molar-refractivity contribution in [3.63, 3.8) is 0 Å². The summed E-state index contributed by atoms with van der Waals surface area (Å²) in [5.74, 6) is 0.134. The van der Waals surface area contributed by atoms with Crippen LogP contribution in [-0.4, -0.2) is 25.5 Å². The van der Waals surface area contributed by atoms with Crippen molar-refractivity contribution in [2.45, 2.75) is 6.92 Å². The second-order valence-electron chi connectivity index (χ2n) is 3.88. The summed E-state index contributed by atoms with van der Waals surface area (Å²) < 4.78 is 0.387. The molecule has 0 amide bonds. The minimum atomic E-state index is -0.474. The van der Waals surface area contributed by atoms with E-state index in [4.69, 9.17) is 5.26 Å². The molecular weight excluding hydrogens is 342 g/mol. The van der Waals surface area contributed by atoms with E-state index in [9.17, 15) is 10.1 Å². The van der Waals surface area contributed by atoms with Gasteiger partial charge in [0.15, 0.2) is 0 Å². The quantitative estimate of drug-likeness (QED) is 0.490. The number of nitrogens with zero attached hydrogens (tertiary/aromatic N) is 5. The summed E-state index contributed by atoms with van der Waals surface area (Å²) in [5, 5.41) is 35.9. The number of aromatic nitrogens is 4. The first-order valence-corrected chi connectivity index (χ1v) is 6.38. The van der Waals surface area contributed by atoms with Crippen LogP contribution in [0, 0.1) is 28.4 Å². The first-order chi connectivity index (χ1) is 10.0. The lowest BCUT2D eigenvalue weighted by molar-refractivity contribution is -0.386. The monoisotopic (exact) mass is 349 g/mol. The highest BCUT2D eigenvalue weighted by Crippen LogP contribution is 2.33. The molecule has 0 saturated carbocycles. The Balaban J connectivity index is 2.35. The number of halogens is 1. The number of benzene rings is 1. The normalized spacial score (nSPS) is 11.0. The molecule has 0 aliphatic heterocycles. The van der Waals surface area contributed by atoms with Gasteiger partial charge in [0.05, 0.1) is 15.0 Å². The summed E-state index contributed by atoms with van der Waals surface area (Å²) in [4.78, 5) is 10.5. The van der Waals surface area contributed by atoms with Gasteiger partial charge in [-0.25, -0.2) is 0 Å². The summed E-state index contributed by atoms with van der Waals surface area (Å²) in [5.41, 5.74) is 1.05. The third kappa shape index (κ3) is 3.03. The average Bonchev–Trinajstić information content (AvgIpc) is 2.95. The lowest BCUT2D eigenvalue weighted by Crippen LogP contribution is -1.99. The molecule has 0 atom stereocenters. The minimum Gasteiger partial charge on any atom is -0.360 e. The maximum atomic E-state index is 11.0. The average molecular weight is 350 g/mol. The van der Waals surface area contributed by atoms with E-state index in [0.717, 1.165) is 0 Å². The van der Waals surface area contributed by atoms with Crippen molar-refractivity contribution in [2.24, 2.45) is 0 Å². The number of rotatable bonds is 4. The summed E-state index contributed by atoms with van der Waals surface area (Å²) in [6.45, 7) is 1.61. The molecular formula is C11H8BrN7O2. The Morgan fingerprint density at radius 3 is 2.95 bits per heavy atom. The van der Waals surface area contributed by atoms with Crippen LogP contribution in [0.5, 0.6) is 0 Å². The molecule has 9 nitrogen and oxygen atoms in total. The smallest absolute Gasteiger partial charge is 0.288 e. The van der Waals surface area contributed by atoms with Gasteiger partial charge in [0, 0.05) is 11.9 Å². The van der Waals surface area contributed by atoms with Crippen molar-refractivity contribution < 1.29 is 4.92 Å². The van der Waals surface area contributed by atoms with E-state index in [-0.39, 0.29) is 17.1 Å². The van der Waals surface area contributed by atoms with E-state index in [2.05, 4.69) is 41.9 Å². The highest BCUT2D eigenvalue weighted by atomic mass is 79.9. The van der Waals surface area contributed by atoms with Crippen LogP contribution in [-0.2, 0) is 0 Å². The number of hydrogen-bond donors (Lipinski definition) is 2. The molecule has 0 aliphatic rings. The van der Waals surface area contributed by atoms with E-state index in [0.29, 0.717) is 15.7 Å². The van der Waals surface area contributed by atoms with Crippen LogP contribution < -0.4 is 5.32 Å². The fraction of sp³-hybridized carbons (Fsp3) is 0.0909. The van der Waals surface area contributed by atoms with Crippen molar-refractivity contribution in [1.29, 1.82) is 5.26 Å². The van der Waals surface area contributed by atoms with Crippen LogP contribution in [0.25, 0.3) is 5.57 Å². The van der Waals surface area contributed by atoms with Crippen LogP contribution in [0.4, 0.5) is 11.4 Å². The molecule has 21 heavy (non-hydrogen) atoms. The van der Waals surface area contributed by atoms with Gasteiger partial charge in [-0.1, -0.05) is 0 Å². The number of aromatic amines is 1. The maximum absolute atomic E-state index is 11.0. The third-order valence-corrected chi connectivity index (χ3v) is 3.28. The Bertz CT molecular complexity index is 749. The van der Waals surface area contributed by atoms with Crippen LogP contribution in [0.3, 0.4) is 0 Å². The molecule has 0 radical (unpaired) electrons. The zero-order valence-corrected chi connectivity index (χ0v) is 12.2. The number of anilines is 1. The molecule has 1 aromatic carbocycles. The van der Waals surface area contributed by atoms with Gasteiger partial charge in [0.2, 0.25) is 5.82 Å². The largest absolute Gasteiger partial charge is 0.360 e. The van der Waals surface area contributed by atoms with E-state index < -0.39 is 4.92 Å². The van der Waals surface area contributed by atoms with Gasteiger partial charge in [0.25, 0.3) is 5.69 Å². The van der Waals surface area contributed by atoms with E-state index in [1.54, 1.807) is 19.1 Å². The second kappa shape index (κ2) is 6.10. The standard InChI is InChI=1S/C11H8BrN7O2/c1-6-9(3-2-8(12)10(6)19(20)21)14-5-7(4-13)11-15-17-18-16-11/h2-3,5,14H,1H3,(H,15,16,17,18). The van der Waals surface area contributed by atoms with Gasteiger partial charge in [-0.05, 0) is 40.2 Å². The Kier molecular flexibility index (Phi) is 4.24. The predicted octanol–water partition coefficient (Wildman–Crippen LogP) is 2.16. The van der Waals surface area contributed by atoms with Gasteiger partial charge in [0.1, 0.15) is 11.6 Å². The topological polar surface area (TPSA) is 133 Å². The Morgan fingerprint density at radius 1 is 1.62 bits per heavy atom. The number of nitriles is 1. The van der Waals surface area contributed by atoms with Crippen LogP contribution in [0.1, 0.15) is 11.4 Å². The lowest BCUT2D eigenvalue weighted by atomic mass is 10.1. The van der Waals surface area contributed by atoms with Crippen molar-refractivity contribution >= 4 is 32.9 Å². The van der Waals surface area contributed by atoms with Crippen molar-refractivity contribution in [2.75, 3.05) is 5.32 Å². The third-order valence-electron chi connectivity index (χ3n) is 2.64. The Labute approximate surface area is 126 Å². The summed E-state index contributed by atoms with van der Waals surface area (Å²) >= 11 is 3.14. The molecule has 0 spiro atoms. The minimum absolute atomic E-state index is 0.0357. The van der Waals surface area contributed by atoms with Gasteiger partial charge < -0.3 is 5.32 Å². The number of nitro groups is 1. The highest BCUT2D eigenvalue weighted by Gasteiger charge is 2.18. The summed E-state index contributed by atoms with van der Waals surface area (Å²) in [7, 11) is 0. The van der Waals surface area contributed by atoms with Gasteiger partial charge in [-0.2, -0.15) is 10.5 Å². The number of allylic oxidation sites excluding steroid dienone is 1. The molecule has 0 aliphatic carbocycles. The van der Waals surface area contributed by atoms with Crippen molar-refractivity contribution in [3.8, 4) is 6.07 Å². The second-order valence-corrected chi connectivity index (χ2v) is 4.73. The van der Waals surface area contributed by atoms with Crippen LogP contribution in [0.2, 0.25) is 0 Å². The fourth-order valence-corrected chi connectivity index (χ4v) is 2.19. The van der Waals surface area contributed by atoms with Gasteiger partial charge >= 0.3 is 0 Å². The highest BCUT2D eigenvalue weighted by molar-refractivity contribution is 9.10. The number of hydrogen-bond acceptors (Lipinski definition) is 7. The fourth-order valence-electron chi connectivity index (χ4n) is 1.62. The Morgan fingerprint density at radius 2 is 2.38 bits per heavy atom. The van der Waals surface area contributed by atoms with Crippen molar-refractivity contribution in [3.05, 3.63) is 44.3 Å². The molecule has 106 valence electrons. The van der Waals surface area contributed by atoms with Crippen molar-refractivity contribution in [1.82, 2.24) is 20.6 Å². The molecule has 10 heteroatoms. The molecule has 2 N–H and O–H groups in total. The molecule has 2 aromatic rings. The summed E-state index contributed by atoms with van der Waals surface area (Å²) in [6.07, 6.45) is 1.37. The molecule has 0 fully saturated rings. The number of nitro benzene ring substituents is 1. The molecule has 0 unspecified atom stereocenters. The van der Waals surface area contributed by atoms with Gasteiger partial charge in [-0.3, -0.25) is 10.1 Å². The number of nitrogens with one attached hydrogen (secondary N) is 2. The van der Waals surface area contributed by atoms with E-state index in [1.807, 2.05) is 6.07 Å². The zero-order valence-electron chi connectivity index (χ0n) is 10.7. The number of H-pyrrole nitrogens is 1. The zero-order chi connectivity index (χ0) is 15.4. The Hall–Kier alpha value is -2.80. The lowest BCUT2D eigenvalue weighted by Gasteiger charge is -2.07. The van der Waals surface area contributed by atoms with E-state index >= 15 is 0 Å².